The van der Waals surface area contributed by atoms with Crippen LogP contribution in [-0.4, -0.2) is 30.2 Å². The highest BCUT2D eigenvalue weighted by atomic mass is 16.5. The van der Waals surface area contributed by atoms with Crippen molar-refractivity contribution in [1.82, 2.24) is 9.97 Å². The van der Waals surface area contributed by atoms with E-state index in [4.69, 9.17) is 10.5 Å². The second-order valence-electron chi connectivity index (χ2n) is 5.65. The fourth-order valence-corrected chi connectivity index (χ4v) is 1.66. The molecule has 0 bridgehead atoms. The van der Waals surface area contributed by atoms with Gasteiger partial charge in [0.2, 0.25) is 0 Å². The first-order chi connectivity index (χ1) is 8.25. The molecule has 18 heavy (non-hydrogen) atoms. The number of methoxy groups -OCH3 is 1. The van der Waals surface area contributed by atoms with Crippen LogP contribution in [0.1, 0.15) is 33.5 Å². The molecule has 1 aromatic rings. The van der Waals surface area contributed by atoms with Crippen LogP contribution in [0.5, 0.6) is 0 Å². The molecule has 1 atom stereocenters. The summed E-state index contributed by atoms with van der Waals surface area (Å²) >= 11 is 0. The Hall–Kier alpha value is -1.36. The fourth-order valence-electron chi connectivity index (χ4n) is 1.66. The summed E-state index contributed by atoms with van der Waals surface area (Å²) in [6, 6.07) is 2.13. The zero-order chi connectivity index (χ0) is 13.9. The minimum absolute atomic E-state index is 0.163. The summed E-state index contributed by atoms with van der Waals surface area (Å²) < 4.78 is 5.05. The van der Waals surface area contributed by atoms with Crippen molar-refractivity contribution < 1.29 is 4.74 Å². The average molecular weight is 252 g/mol. The summed E-state index contributed by atoms with van der Waals surface area (Å²) in [5.74, 6) is 1.91. The maximum Gasteiger partial charge on any atom is 0.158 e. The number of nitrogen functional groups attached to an aromatic ring is 1. The third kappa shape index (κ3) is 3.57. The Morgan fingerprint density at radius 3 is 2.50 bits per heavy atom. The van der Waals surface area contributed by atoms with Crippen LogP contribution in [-0.2, 0) is 11.3 Å². The number of hydrogen-bond donors (Lipinski definition) is 1. The lowest BCUT2D eigenvalue weighted by molar-refractivity contribution is 0.178. The highest BCUT2D eigenvalue weighted by Gasteiger charge is 2.25. The Morgan fingerprint density at radius 1 is 1.39 bits per heavy atom. The van der Waals surface area contributed by atoms with Crippen molar-refractivity contribution in [2.45, 2.75) is 40.3 Å². The summed E-state index contributed by atoms with van der Waals surface area (Å²) in [6.07, 6.45) is 0. The van der Waals surface area contributed by atoms with Gasteiger partial charge in [0.15, 0.2) is 5.82 Å². The van der Waals surface area contributed by atoms with E-state index in [1.54, 1.807) is 13.2 Å². The Kier molecular flexibility index (Phi) is 4.51. The maximum absolute atomic E-state index is 5.80. The zero-order valence-electron chi connectivity index (χ0n) is 12.2. The molecule has 0 saturated heterocycles. The van der Waals surface area contributed by atoms with E-state index >= 15 is 0 Å². The van der Waals surface area contributed by atoms with E-state index in [0.717, 1.165) is 5.82 Å². The number of rotatable bonds is 4. The van der Waals surface area contributed by atoms with Gasteiger partial charge in [0.05, 0.1) is 0 Å². The van der Waals surface area contributed by atoms with Crippen LogP contribution in [0, 0.1) is 5.41 Å². The van der Waals surface area contributed by atoms with Gasteiger partial charge in [-0.15, -0.1) is 0 Å². The lowest BCUT2D eigenvalue weighted by Crippen LogP contribution is -2.40. The van der Waals surface area contributed by atoms with Gasteiger partial charge >= 0.3 is 0 Å². The van der Waals surface area contributed by atoms with Crippen molar-refractivity contribution in [2.75, 3.05) is 24.8 Å². The number of nitrogens with zero attached hydrogens (tertiary/aromatic N) is 3. The van der Waals surface area contributed by atoms with Crippen LogP contribution >= 0.6 is 0 Å². The molecule has 0 aliphatic carbocycles. The Labute approximate surface area is 109 Å². The molecular weight excluding hydrogens is 228 g/mol. The molecular formula is C13H24N4O. The highest BCUT2D eigenvalue weighted by Crippen LogP contribution is 2.26. The molecule has 0 saturated carbocycles. The quantitative estimate of drug-likeness (QED) is 0.888. The number of aromatic nitrogens is 2. The van der Waals surface area contributed by atoms with Crippen LogP contribution in [0.4, 0.5) is 11.6 Å². The van der Waals surface area contributed by atoms with Gasteiger partial charge in [-0.1, -0.05) is 20.8 Å². The molecule has 0 fully saturated rings. The molecule has 1 aromatic heterocycles. The molecule has 1 rings (SSSR count). The van der Waals surface area contributed by atoms with E-state index in [1.165, 1.54) is 0 Å². The monoisotopic (exact) mass is 252 g/mol. The average Bonchev–Trinajstić information content (AvgIpc) is 2.25. The van der Waals surface area contributed by atoms with Gasteiger partial charge in [0, 0.05) is 26.3 Å². The van der Waals surface area contributed by atoms with Gasteiger partial charge < -0.3 is 15.4 Å². The minimum Gasteiger partial charge on any atom is -0.384 e. The Morgan fingerprint density at radius 2 is 2.00 bits per heavy atom. The lowest BCUT2D eigenvalue weighted by atomic mass is 9.87. The topological polar surface area (TPSA) is 64.3 Å². The van der Waals surface area contributed by atoms with Crippen LogP contribution in [0.15, 0.2) is 6.07 Å². The summed E-state index contributed by atoms with van der Waals surface area (Å²) in [5, 5.41) is 0. The van der Waals surface area contributed by atoms with Crippen molar-refractivity contribution in [1.29, 1.82) is 0 Å². The van der Waals surface area contributed by atoms with E-state index in [-0.39, 0.29) is 5.41 Å². The molecule has 1 unspecified atom stereocenters. The van der Waals surface area contributed by atoms with Gasteiger partial charge in [0.1, 0.15) is 18.2 Å². The molecule has 0 aliphatic heterocycles. The molecule has 5 nitrogen and oxygen atoms in total. The van der Waals surface area contributed by atoms with Gasteiger partial charge in [-0.25, -0.2) is 9.97 Å². The molecule has 0 aliphatic rings. The van der Waals surface area contributed by atoms with Gasteiger partial charge in [-0.05, 0) is 12.3 Å². The third-order valence-corrected chi connectivity index (χ3v) is 3.25. The van der Waals surface area contributed by atoms with Crippen LogP contribution < -0.4 is 10.6 Å². The maximum atomic E-state index is 5.80. The SMILES string of the molecule is COCc1nc(N)cc(N(C)C(C)C(C)(C)C)n1. The van der Waals surface area contributed by atoms with Gasteiger partial charge in [-0.2, -0.15) is 0 Å². The predicted molar refractivity (Wildman–Crippen MR) is 74.5 cm³/mol. The smallest absolute Gasteiger partial charge is 0.158 e. The predicted octanol–water partition coefficient (Wildman–Crippen LogP) is 2.08. The Bertz CT molecular complexity index is 400. The number of ether oxygens (including phenoxy) is 1. The van der Waals surface area contributed by atoms with Crippen molar-refractivity contribution >= 4 is 11.6 Å². The van der Waals surface area contributed by atoms with E-state index < -0.39 is 0 Å². The molecule has 0 radical (unpaired) electrons. The minimum atomic E-state index is 0.163. The summed E-state index contributed by atoms with van der Waals surface area (Å²) in [6.45, 7) is 9.16. The Balaban J connectivity index is 3.01. The van der Waals surface area contributed by atoms with E-state index in [2.05, 4.69) is 42.6 Å². The highest BCUT2D eigenvalue weighted by molar-refractivity contribution is 5.47. The number of nitrogens with two attached hydrogens (primary N) is 1. The van der Waals surface area contributed by atoms with Crippen molar-refractivity contribution in [2.24, 2.45) is 5.41 Å². The third-order valence-electron chi connectivity index (χ3n) is 3.25. The van der Waals surface area contributed by atoms with Crippen molar-refractivity contribution in [3.63, 3.8) is 0 Å². The first-order valence-corrected chi connectivity index (χ1v) is 6.11. The lowest BCUT2D eigenvalue weighted by Gasteiger charge is -2.36. The molecule has 0 amide bonds. The van der Waals surface area contributed by atoms with Crippen LogP contribution in [0.2, 0.25) is 0 Å². The normalized spacial score (nSPS) is 13.4. The molecule has 1 heterocycles. The first-order valence-electron chi connectivity index (χ1n) is 6.11. The second kappa shape index (κ2) is 5.52. The van der Waals surface area contributed by atoms with E-state index in [1.807, 2.05) is 7.05 Å². The number of hydrogen-bond acceptors (Lipinski definition) is 5. The van der Waals surface area contributed by atoms with Crippen LogP contribution in [0.25, 0.3) is 0 Å². The summed E-state index contributed by atoms with van der Waals surface area (Å²) in [5.41, 5.74) is 5.97. The first kappa shape index (κ1) is 14.7. The molecule has 2 N–H and O–H groups in total. The molecule has 102 valence electrons. The largest absolute Gasteiger partial charge is 0.384 e. The summed E-state index contributed by atoms with van der Waals surface area (Å²) in [7, 11) is 3.64. The van der Waals surface area contributed by atoms with E-state index in [9.17, 15) is 0 Å². The van der Waals surface area contributed by atoms with Gasteiger partial charge in [-0.3, -0.25) is 0 Å². The second-order valence-corrected chi connectivity index (χ2v) is 5.65. The molecule has 0 spiro atoms. The standard InChI is InChI=1S/C13H24N4O/c1-9(13(2,3)4)17(5)12-7-10(14)15-11(16-12)8-18-6/h7,9H,8H2,1-6H3,(H2,14,15,16). The van der Waals surface area contributed by atoms with Gasteiger partial charge in [0.25, 0.3) is 0 Å². The zero-order valence-corrected chi connectivity index (χ0v) is 12.2. The molecule has 0 aromatic carbocycles. The molecule has 5 heteroatoms. The fraction of sp³-hybridized carbons (Fsp3) is 0.692. The van der Waals surface area contributed by atoms with Crippen molar-refractivity contribution in [3.05, 3.63) is 11.9 Å². The van der Waals surface area contributed by atoms with Crippen LogP contribution in [0.3, 0.4) is 0 Å². The van der Waals surface area contributed by atoms with Crippen molar-refractivity contribution in [3.8, 4) is 0 Å². The number of anilines is 2. The summed E-state index contributed by atoms with van der Waals surface area (Å²) in [4.78, 5) is 10.7. The van der Waals surface area contributed by atoms with E-state index in [0.29, 0.717) is 24.3 Å².